The van der Waals surface area contributed by atoms with E-state index >= 15 is 0 Å². The summed E-state index contributed by atoms with van der Waals surface area (Å²) in [4.78, 5) is 56.9. The molecule has 0 bridgehead atoms. The number of halogens is 4. The van der Waals surface area contributed by atoms with E-state index in [1.807, 2.05) is 0 Å². The van der Waals surface area contributed by atoms with Crippen molar-refractivity contribution in [3.63, 3.8) is 0 Å². The van der Waals surface area contributed by atoms with Crippen LogP contribution in [0.2, 0.25) is 5.02 Å². The van der Waals surface area contributed by atoms with Gasteiger partial charge in [-0.1, -0.05) is 17.7 Å². The number of H-pyrrole nitrogens is 1. The number of pyridine rings is 1. The number of nitrogens with zero attached hydrogens (tertiary/aromatic N) is 5. The molecular weight excluding hydrogens is 581 g/mol. The number of carbonyl (C=O) groups excluding carboxylic acids is 1. The van der Waals surface area contributed by atoms with Crippen LogP contribution in [0.4, 0.5) is 24.8 Å². The van der Waals surface area contributed by atoms with Crippen molar-refractivity contribution in [1.82, 2.24) is 34.2 Å². The molecule has 0 spiro atoms. The van der Waals surface area contributed by atoms with Crippen molar-refractivity contribution in [2.45, 2.75) is 19.6 Å². The number of nitrogens with one attached hydrogen (secondary N) is 3. The first-order chi connectivity index (χ1) is 20.0. The maximum Gasteiger partial charge on any atom is 0.355 e. The van der Waals surface area contributed by atoms with Crippen LogP contribution in [0.1, 0.15) is 11.1 Å². The highest BCUT2D eigenvalue weighted by Crippen LogP contribution is 2.29. The summed E-state index contributed by atoms with van der Waals surface area (Å²) in [7, 11) is 1.48. The van der Waals surface area contributed by atoms with Crippen molar-refractivity contribution in [1.29, 1.82) is 0 Å². The molecular formula is C26H20ClF3N8O4. The van der Waals surface area contributed by atoms with E-state index in [4.69, 9.17) is 11.6 Å². The fraction of sp³-hybridized carbons (Fsp3) is 0.154. The van der Waals surface area contributed by atoms with Gasteiger partial charge in [-0.05, 0) is 35.9 Å². The number of fused-ring (bicyclic) bond motifs is 1. The number of hydrogen-bond donors (Lipinski definition) is 3. The zero-order chi connectivity index (χ0) is 30.1. The molecule has 3 aromatic heterocycles. The maximum atomic E-state index is 14.0. The molecule has 0 radical (unpaired) electrons. The topological polar surface area (TPSA) is 149 Å². The normalized spacial score (nSPS) is 11.2. The van der Waals surface area contributed by atoms with Gasteiger partial charge in [0.05, 0.1) is 29.3 Å². The van der Waals surface area contributed by atoms with Crippen molar-refractivity contribution in [3.8, 4) is 0 Å². The number of amides is 1. The number of anilines is 2. The molecule has 1 amide bonds. The van der Waals surface area contributed by atoms with Gasteiger partial charge in [-0.25, -0.2) is 27.3 Å². The number of benzene rings is 2. The van der Waals surface area contributed by atoms with Gasteiger partial charge in [0.15, 0.2) is 17.5 Å². The van der Waals surface area contributed by atoms with Crippen LogP contribution in [-0.2, 0) is 24.4 Å². The van der Waals surface area contributed by atoms with Crippen molar-refractivity contribution in [3.05, 3.63) is 114 Å². The molecule has 5 rings (SSSR count). The minimum Gasteiger partial charge on any atom is -0.358 e. The molecule has 0 unspecified atom stereocenters. The summed E-state index contributed by atoms with van der Waals surface area (Å²) in [5.41, 5.74) is -2.02. The summed E-state index contributed by atoms with van der Waals surface area (Å²) >= 11 is 6.43. The third-order valence-corrected chi connectivity index (χ3v) is 6.55. The third-order valence-electron chi connectivity index (χ3n) is 6.23. The molecule has 0 aliphatic carbocycles. The minimum atomic E-state index is -1.69. The SMILES string of the molecule is CNC(=O)Cn1cc2cc(Nc3nc(=O)n(Cc4ccc[nH]c4=O)c(=O)n3Cc3cc(F)c(F)c(F)c3)c(Cl)cc2n1. The summed E-state index contributed by atoms with van der Waals surface area (Å²) in [6, 6.07) is 7.33. The van der Waals surface area contributed by atoms with Gasteiger partial charge in [-0.2, -0.15) is 10.1 Å². The molecule has 0 saturated heterocycles. The molecule has 0 saturated carbocycles. The van der Waals surface area contributed by atoms with E-state index in [0.29, 0.717) is 27.6 Å². The van der Waals surface area contributed by atoms with E-state index in [0.717, 1.165) is 4.57 Å². The Morgan fingerprint density at radius 3 is 2.48 bits per heavy atom. The summed E-state index contributed by atoms with van der Waals surface area (Å²) in [6.45, 7) is -1.05. The smallest absolute Gasteiger partial charge is 0.355 e. The first kappa shape index (κ1) is 28.4. The van der Waals surface area contributed by atoms with Crippen LogP contribution in [0.15, 0.2) is 63.2 Å². The van der Waals surface area contributed by atoms with Crippen LogP contribution in [0, 0.1) is 17.5 Å². The second kappa shape index (κ2) is 11.4. The van der Waals surface area contributed by atoms with E-state index in [1.54, 1.807) is 6.20 Å². The molecule has 0 aliphatic rings. The lowest BCUT2D eigenvalue weighted by molar-refractivity contribution is -0.121. The largest absolute Gasteiger partial charge is 0.358 e. The third kappa shape index (κ3) is 5.67. The first-order valence-corrected chi connectivity index (χ1v) is 12.6. The van der Waals surface area contributed by atoms with Crippen molar-refractivity contribution in [2.75, 3.05) is 12.4 Å². The molecule has 12 nitrogen and oxygen atoms in total. The first-order valence-electron chi connectivity index (χ1n) is 12.2. The molecule has 2 aromatic carbocycles. The van der Waals surface area contributed by atoms with Crippen molar-refractivity contribution >= 4 is 40.0 Å². The minimum absolute atomic E-state index is 0.0556. The molecule has 3 heterocycles. The predicted molar refractivity (Wildman–Crippen MR) is 146 cm³/mol. The Bertz CT molecular complexity index is 2010. The lowest BCUT2D eigenvalue weighted by Gasteiger charge is -2.16. The highest BCUT2D eigenvalue weighted by atomic mass is 35.5. The van der Waals surface area contributed by atoms with Gasteiger partial charge in [0.1, 0.15) is 6.54 Å². The zero-order valence-electron chi connectivity index (χ0n) is 21.6. The second-order valence-electron chi connectivity index (χ2n) is 9.09. The number of rotatable bonds is 8. The van der Waals surface area contributed by atoms with Crippen LogP contribution in [0.5, 0.6) is 0 Å². The van der Waals surface area contributed by atoms with Crippen molar-refractivity contribution in [2.24, 2.45) is 0 Å². The molecule has 216 valence electrons. The molecule has 5 aromatic rings. The fourth-order valence-electron chi connectivity index (χ4n) is 4.16. The summed E-state index contributed by atoms with van der Waals surface area (Å²) < 4.78 is 44.5. The second-order valence-corrected chi connectivity index (χ2v) is 9.49. The van der Waals surface area contributed by atoms with Crippen LogP contribution in [-0.4, -0.2) is 41.8 Å². The van der Waals surface area contributed by atoms with E-state index < -0.39 is 47.5 Å². The number of aromatic amines is 1. The Labute approximate surface area is 238 Å². The van der Waals surface area contributed by atoms with Gasteiger partial charge in [-0.3, -0.25) is 18.8 Å². The van der Waals surface area contributed by atoms with Crippen LogP contribution in [0.25, 0.3) is 10.9 Å². The standard InChI is InChI=1S/C26H20ClF3N8O4/c1-31-21(39)12-36-10-15-7-20(16(27)8-19(15)35-36)33-24-34-25(41)38(11-14-3-2-4-32-23(14)40)26(42)37(24)9-13-5-17(28)22(30)18(29)6-13/h2-8,10H,9,11-12H2,1H3,(H,31,39)(H,32,40)(H,33,34,41). The quantitative estimate of drug-likeness (QED) is 0.231. The van der Waals surface area contributed by atoms with E-state index in [2.05, 4.69) is 25.7 Å². The van der Waals surface area contributed by atoms with Gasteiger partial charge in [0.2, 0.25) is 11.9 Å². The van der Waals surface area contributed by atoms with Gasteiger partial charge in [0, 0.05) is 30.4 Å². The summed E-state index contributed by atoms with van der Waals surface area (Å²) in [6.07, 6.45) is 2.95. The highest BCUT2D eigenvalue weighted by molar-refractivity contribution is 6.34. The summed E-state index contributed by atoms with van der Waals surface area (Å²) in [5, 5.41) is 10.2. The monoisotopic (exact) mass is 600 g/mol. The maximum absolute atomic E-state index is 14.0. The number of hydrogen-bond acceptors (Lipinski definition) is 7. The van der Waals surface area contributed by atoms with E-state index in [1.165, 1.54) is 42.2 Å². The van der Waals surface area contributed by atoms with Crippen LogP contribution in [0.3, 0.4) is 0 Å². The number of likely N-dealkylation sites (N-methyl/N-ethyl adjacent to an activating group) is 1. The van der Waals surface area contributed by atoms with Crippen LogP contribution < -0.4 is 27.6 Å². The fourth-order valence-corrected chi connectivity index (χ4v) is 4.36. The molecule has 42 heavy (non-hydrogen) atoms. The number of carbonyl (C=O) groups is 1. The Hall–Kier alpha value is -5.18. The highest BCUT2D eigenvalue weighted by Gasteiger charge is 2.19. The van der Waals surface area contributed by atoms with Gasteiger partial charge >= 0.3 is 11.4 Å². The van der Waals surface area contributed by atoms with Gasteiger partial charge in [-0.15, -0.1) is 0 Å². The van der Waals surface area contributed by atoms with E-state index in [-0.39, 0.29) is 40.2 Å². The predicted octanol–water partition coefficient (Wildman–Crippen LogP) is 2.10. The molecule has 16 heteroatoms. The zero-order valence-corrected chi connectivity index (χ0v) is 22.4. The molecule has 3 N–H and O–H groups in total. The Morgan fingerprint density at radius 2 is 1.79 bits per heavy atom. The molecule has 0 fully saturated rings. The van der Waals surface area contributed by atoms with E-state index in [9.17, 15) is 32.3 Å². The molecule has 0 atom stereocenters. The number of aromatic nitrogens is 6. The summed E-state index contributed by atoms with van der Waals surface area (Å²) in [5.74, 6) is -5.29. The Balaban J connectivity index is 1.61. The van der Waals surface area contributed by atoms with Crippen molar-refractivity contribution < 1.29 is 18.0 Å². The molecule has 0 aliphatic heterocycles. The Kier molecular flexibility index (Phi) is 7.67. The lowest BCUT2D eigenvalue weighted by Crippen LogP contribution is -2.43. The lowest BCUT2D eigenvalue weighted by atomic mass is 10.2. The van der Waals surface area contributed by atoms with Crippen LogP contribution >= 0.6 is 11.6 Å². The average Bonchev–Trinajstić information content (AvgIpc) is 3.33. The average molecular weight is 601 g/mol. The van der Waals surface area contributed by atoms with Gasteiger partial charge in [0.25, 0.3) is 5.56 Å². The van der Waals surface area contributed by atoms with Gasteiger partial charge < -0.3 is 15.6 Å². The Morgan fingerprint density at radius 1 is 1.05 bits per heavy atom.